The molecule has 7 heteroatoms. The minimum absolute atomic E-state index is 0.179. The molecule has 0 unspecified atom stereocenters. The molecular formula is C18H19N3O4. The highest BCUT2D eigenvalue weighted by Gasteiger charge is 2.17. The molecule has 25 heavy (non-hydrogen) atoms. The van der Waals surface area contributed by atoms with Gasteiger partial charge in [0.1, 0.15) is 5.75 Å². The Labute approximate surface area is 145 Å². The summed E-state index contributed by atoms with van der Waals surface area (Å²) in [5.74, 6) is 1.86. The van der Waals surface area contributed by atoms with E-state index < -0.39 is 6.03 Å². The molecule has 2 aromatic carbocycles. The Morgan fingerprint density at radius 2 is 2.04 bits per heavy atom. The zero-order valence-corrected chi connectivity index (χ0v) is 14.0. The van der Waals surface area contributed by atoms with E-state index in [0.29, 0.717) is 29.4 Å². The van der Waals surface area contributed by atoms with Crippen LogP contribution in [-0.4, -0.2) is 25.6 Å². The lowest BCUT2D eigenvalue weighted by Gasteiger charge is -2.09. The maximum Gasteiger partial charge on any atom is 0.339 e. The average Bonchev–Trinajstić information content (AvgIpc) is 3.04. The Morgan fingerprint density at radius 3 is 2.80 bits per heavy atom. The molecule has 2 N–H and O–H groups in total. The van der Waals surface area contributed by atoms with Gasteiger partial charge in [0.2, 0.25) is 6.79 Å². The van der Waals surface area contributed by atoms with Crippen molar-refractivity contribution in [3.05, 3.63) is 47.5 Å². The monoisotopic (exact) mass is 341 g/mol. The first-order valence-electron chi connectivity index (χ1n) is 7.89. The number of urea groups is 1. The molecular weight excluding hydrogens is 322 g/mol. The van der Waals surface area contributed by atoms with Gasteiger partial charge in [-0.15, -0.1) is 0 Å². The maximum atomic E-state index is 11.9. The van der Waals surface area contributed by atoms with Gasteiger partial charge in [-0.05, 0) is 31.5 Å². The summed E-state index contributed by atoms with van der Waals surface area (Å²) in [7, 11) is 0. The molecule has 7 nitrogen and oxygen atoms in total. The van der Waals surface area contributed by atoms with Crippen molar-refractivity contribution in [3.8, 4) is 17.2 Å². The van der Waals surface area contributed by atoms with E-state index >= 15 is 0 Å². The first-order chi connectivity index (χ1) is 12.2. The van der Waals surface area contributed by atoms with Gasteiger partial charge in [0, 0.05) is 17.3 Å². The van der Waals surface area contributed by atoms with Crippen molar-refractivity contribution in [1.29, 1.82) is 0 Å². The number of anilines is 1. The lowest BCUT2D eigenvalue weighted by atomic mass is 10.2. The van der Waals surface area contributed by atoms with E-state index in [1.54, 1.807) is 12.1 Å². The molecule has 3 rings (SSSR count). The van der Waals surface area contributed by atoms with Crippen LogP contribution in [0.5, 0.6) is 17.2 Å². The number of hydrogen-bond acceptors (Lipinski definition) is 5. The zero-order chi connectivity index (χ0) is 17.6. The second kappa shape index (κ2) is 7.57. The lowest BCUT2D eigenvalue weighted by molar-refractivity contribution is 0.174. The molecule has 1 aliphatic heterocycles. The van der Waals surface area contributed by atoms with E-state index in [1.807, 2.05) is 38.1 Å². The van der Waals surface area contributed by atoms with Crippen LogP contribution in [0.1, 0.15) is 18.1 Å². The molecule has 0 atom stereocenters. The van der Waals surface area contributed by atoms with Gasteiger partial charge in [-0.2, -0.15) is 5.10 Å². The van der Waals surface area contributed by atoms with Gasteiger partial charge in [-0.1, -0.05) is 18.2 Å². The minimum Gasteiger partial charge on any atom is -0.493 e. The standard InChI is InChI=1S/C18H19N3O4/c1-3-23-15-9-17-16(24-11-25-17)8-13(15)10-19-21-18(22)20-14-7-5-4-6-12(14)2/h4-10H,3,11H2,1-2H3,(H2,20,21,22). The number of benzene rings is 2. The number of para-hydroxylation sites is 1. The van der Waals surface area contributed by atoms with Crippen LogP contribution in [0.15, 0.2) is 41.5 Å². The normalized spacial score (nSPS) is 12.2. The number of hydrazone groups is 1. The van der Waals surface area contributed by atoms with Crippen LogP contribution in [0.25, 0.3) is 0 Å². The van der Waals surface area contributed by atoms with Crippen molar-refractivity contribution >= 4 is 17.9 Å². The summed E-state index contributed by atoms with van der Waals surface area (Å²) in [5.41, 5.74) is 4.82. The van der Waals surface area contributed by atoms with Crippen LogP contribution < -0.4 is 25.0 Å². The summed E-state index contributed by atoms with van der Waals surface area (Å²) >= 11 is 0. The number of nitrogens with one attached hydrogen (secondary N) is 2. The molecule has 0 fully saturated rings. The van der Waals surface area contributed by atoms with Gasteiger partial charge < -0.3 is 19.5 Å². The van der Waals surface area contributed by atoms with Crippen molar-refractivity contribution in [2.45, 2.75) is 13.8 Å². The van der Waals surface area contributed by atoms with Crippen LogP contribution in [0.2, 0.25) is 0 Å². The fourth-order valence-corrected chi connectivity index (χ4v) is 2.34. The van der Waals surface area contributed by atoms with Gasteiger partial charge >= 0.3 is 6.03 Å². The molecule has 130 valence electrons. The number of carbonyl (C=O) groups is 1. The maximum absolute atomic E-state index is 11.9. The Kier molecular flexibility index (Phi) is 5.03. The number of aryl methyl sites for hydroxylation is 1. The van der Waals surface area contributed by atoms with E-state index in [1.165, 1.54) is 6.21 Å². The van der Waals surface area contributed by atoms with Crippen molar-refractivity contribution in [3.63, 3.8) is 0 Å². The SMILES string of the molecule is CCOc1cc2c(cc1C=NNC(=O)Nc1ccccc1C)OCO2. The van der Waals surface area contributed by atoms with Crippen molar-refractivity contribution in [2.24, 2.45) is 5.10 Å². The minimum atomic E-state index is -0.427. The zero-order valence-electron chi connectivity index (χ0n) is 14.0. The van der Waals surface area contributed by atoms with E-state index in [-0.39, 0.29) is 6.79 Å². The molecule has 2 aromatic rings. The quantitative estimate of drug-likeness (QED) is 0.646. The topological polar surface area (TPSA) is 81.2 Å². The van der Waals surface area contributed by atoms with Gasteiger partial charge in [0.15, 0.2) is 11.5 Å². The number of rotatable bonds is 5. The first kappa shape index (κ1) is 16.6. The summed E-state index contributed by atoms with van der Waals surface area (Å²) in [4.78, 5) is 11.9. The number of amides is 2. The Balaban J connectivity index is 1.67. The molecule has 1 aliphatic rings. The Morgan fingerprint density at radius 1 is 1.28 bits per heavy atom. The summed E-state index contributed by atoms with van der Waals surface area (Å²) in [6.45, 7) is 4.49. The molecule has 0 saturated carbocycles. The number of ether oxygens (including phenoxy) is 3. The van der Waals surface area contributed by atoms with Crippen LogP contribution in [0.4, 0.5) is 10.5 Å². The van der Waals surface area contributed by atoms with Gasteiger partial charge in [-0.3, -0.25) is 0 Å². The van der Waals surface area contributed by atoms with Crippen molar-refractivity contribution in [1.82, 2.24) is 5.43 Å². The fourth-order valence-electron chi connectivity index (χ4n) is 2.34. The predicted molar refractivity (Wildman–Crippen MR) is 94.7 cm³/mol. The molecule has 0 aliphatic carbocycles. The smallest absolute Gasteiger partial charge is 0.339 e. The summed E-state index contributed by atoms with van der Waals surface area (Å²) < 4.78 is 16.3. The van der Waals surface area contributed by atoms with Crippen LogP contribution in [-0.2, 0) is 0 Å². The second-order valence-corrected chi connectivity index (χ2v) is 5.32. The molecule has 1 heterocycles. The van der Waals surface area contributed by atoms with Gasteiger partial charge in [-0.25, -0.2) is 10.2 Å². The number of hydrogen-bond donors (Lipinski definition) is 2. The summed E-state index contributed by atoms with van der Waals surface area (Å²) in [5, 5.41) is 6.71. The third-order valence-electron chi connectivity index (χ3n) is 3.57. The highest BCUT2D eigenvalue weighted by molar-refractivity contribution is 5.91. The molecule has 2 amide bonds. The van der Waals surface area contributed by atoms with Gasteiger partial charge in [0.25, 0.3) is 0 Å². The third-order valence-corrected chi connectivity index (χ3v) is 3.57. The third kappa shape index (κ3) is 4.00. The highest BCUT2D eigenvalue weighted by Crippen LogP contribution is 2.37. The second-order valence-electron chi connectivity index (χ2n) is 5.32. The molecule has 0 radical (unpaired) electrons. The Bertz CT molecular complexity index is 805. The van der Waals surface area contributed by atoms with E-state index in [4.69, 9.17) is 14.2 Å². The molecule has 0 spiro atoms. The average molecular weight is 341 g/mol. The van der Waals surface area contributed by atoms with Gasteiger partial charge in [0.05, 0.1) is 12.8 Å². The fraction of sp³-hybridized carbons (Fsp3) is 0.222. The van der Waals surface area contributed by atoms with E-state index in [0.717, 1.165) is 11.3 Å². The van der Waals surface area contributed by atoms with Crippen LogP contribution >= 0.6 is 0 Å². The largest absolute Gasteiger partial charge is 0.493 e. The van der Waals surface area contributed by atoms with Crippen LogP contribution in [0, 0.1) is 6.92 Å². The number of nitrogens with zero attached hydrogens (tertiary/aromatic N) is 1. The number of carbonyl (C=O) groups excluding carboxylic acids is 1. The summed E-state index contributed by atoms with van der Waals surface area (Å²) in [6, 6.07) is 10.6. The van der Waals surface area contributed by atoms with Crippen LogP contribution in [0.3, 0.4) is 0 Å². The number of fused-ring (bicyclic) bond motifs is 1. The molecule has 0 aromatic heterocycles. The van der Waals surface area contributed by atoms with Crippen molar-refractivity contribution < 1.29 is 19.0 Å². The highest BCUT2D eigenvalue weighted by atomic mass is 16.7. The predicted octanol–water partition coefficient (Wildman–Crippen LogP) is 3.28. The lowest BCUT2D eigenvalue weighted by Crippen LogP contribution is -2.24. The Hall–Kier alpha value is -3.22. The molecule has 0 saturated heterocycles. The first-order valence-corrected chi connectivity index (χ1v) is 7.89. The summed E-state index contributed by atoms with van der Waals surface area (Å²) in [6.07, 6.45) is 1.50. The van der Waals surface area contributed by atoms with E-state index in [9.17, 15) is 4.79 Å². The van der Waals surface area contributed by atoms with E-state index in [2.05, 4.69) is 15.8 Å². The molecule has 0 bridgehead atoms. The van der Waals surface area contributed by atoms with Crippen molar-refractivity contribution in [2.75, 3.05) is 18.7 Å².